The van der Waals surface area contributed by atoms with Crippen LogP contribution in [0.3, 0.4) is 0 Å². The van der Waals surface area contributed by atoms with E-state index < -0.39 is 5.97 Å². The van der Waals surface area contributed by atoms with Crippen LogP contribution in [-0.2, 0) is 17.9 Å². The Labute approximate surface area is 153 Å². The molecule has 26 heavy (non-hydrogen) atoms. The molecular weight excluding hydrogens is 337 g/mol. The van der Waals surface area contributed by atoms with E-state index >= 15 is 0 Å². The van der Waals surface area contributed by atoms with Gasteiger partial charge in [-0.2, -0.15) is 0 Å². The van der Waals surface area contributed by atoms with Gasteiger partial charge in [0.05, 0.1) is 7.11 Å². The van der Waals surface area contributed by atoms with E-state index in [1.807, 2.05) is 24.1 Å². The van der Waals surface area contributed by atoms with Crippen molar-refractivity contribution in [3.63, 3.8) is 0 Å². The van der Waals surface area contributed by atoms with Crippen molar-refractivity contribution in [1.29, 1.82) is 0 Å². The summed E-state index contributed by atoms with van der Waals surface area (Å²) in [6.45, 7) is 1.32. The fourth-order valence-electron chi connectivity index (χ4n) is 2.65. The lowest BCUT2D eigenvalue weighted by Crippen LogP contribution is -2.20. The molecule has 6 heteroatoms. The fourth-order valence-corrected chi connectivity index (χ4v) is 2.65. The molecule has 0 saturated heterocycles. The number of rotatable bonds is 10. The molecule has 0 unspecified atom stereocenters. The van der Waals surface area contributed by atoms with Crippen molar-refractivity contribution in [1.82, 2.24) is 4.90 Å². The highest BCUT2D eigenvalue weighted by Crippen LogP contribution is 2.32. The summed E-state index contributed by atoms with van der Waals surface area (Å²) in [6.07, 6.45) is 0.709. The molecule has 0 aliphatic heterocycles. The quantitative estimate of drug-likeness (QED) is 0.699. The third-order valence-corrected chi connectivity index (χ3v) is 3.98. The summed E-state index contributed by atoms with van der Waals surface area (Å²) in [5.74, 6) is 0.0459. The highest BCUT2D eigenvalue weighted by molar-refractivity contribution is 5.66. The minimum atomic E-state index is -0.798. The zero-order valence-electron chi connectivity index (χ0n) is 15.1. The molecular formula is C20H24FNO4. The number of hydrogen-bond acceptors (Lipinski definition) is 4. The van der Waals surface area contributed by atoms with Gasteiger partial charge in [0.1, 0.15) is 12.4 Å². The van der Waals surface area contributed by atoms with Crippen LogP contribution in [-0.4, -0.2) is 36.7 Å². The van der Waals surface area contributed by atoms with Crippen LogP contribution in [0.25, 0.3) is 0 Å². The molecule has 2 rings (SSSR count). The molecule has 0 aromatic heterocycles. The number of halogens is 1. The minimum absolute atomic E-state index is 0.1000. The molecule has 0 aliphatic carbocycles. The van der Waals surface area contributed by atoms with Gasteiger partial charge < -0.3 is 19.5 Å². The second kappa shape index (κ2) is 9.77. The van der Waals surface area contributed by atoms with Crippen molar-refractivity contribution >= 4 is 5.97 Å². The van der Waals surface area contributed by atoms with E-state index in [-0.39, 0.29) is 18.8 Å². The van der Waals surface area contributed by atoms with Crippen molar-refractivity contribution in [2.24, 2.45) is 0 Å². The predicted molar refractivity (Wildman–Crippen MR) is 96.9 cm³/mol. The van der Waals surface area contributed by atoms with Gasteiger partial charge in [0.2, 0.25) is 0 Å². The SMILES string of the molecule is COc1cccc(CN(C)CCCC(=O)O)c1OCc1ccccc1F. The topological polar surface area (TPSA) is 59.0 Å². The summed E-state index contributed by atoms with van der Waals surface area (Å²) in [7, 11) is 3.48. The molecule has 2 aromatic carbocycles. The van der Waals surface area contributed by atoms with Gasteiger partial charge in [0.25, 0.3) is 0 Å². The molecule has 0 fully saturated rings. The Balaban J connectivity index is 2.09. The van der Waals surface area contributed by atoms with Crippen molar-refractivity contribution in [2.45, 2.75) is 26.0 Å². The van der Waals surface area contributed by atoms with Gasteiger partial charge in [0, 0.05) is 24.1 Å². The van der Waals surface area contributed by atoms with Crippen LogP contribution in [0.4, 0.5) is 4.39 Å². The summed E-state index contributed by atoms with van der Waals surface area (Å²) < 4.78 is 25.1. The summed E-state index contributed by atoms with van der Waals surface area (Å²) in [4.78, 5) is 12.7. The Kier molecular flexibility index (Phi) is 7.41. The average Bonchev–Trinajstić information content (AvgIpc) is 2.61. The van der Waals surface area contributed by atoms with Crippen LogP contribution in [0.5, 0.6) is 11.5 Å². The maximum absolute atomic E-state index is 13.8. The van der Waals surface area contributed by atoms with Gasteiger partial charge in [-0.05, 0) is 32.1 Å². The molecule has 0 radical (unpaired) electrons. The molecule has 0 saturated carbocycles. The summed E-state index contributed by atoms with van der Waals surface area (Å²) >= 11 is 0. The Morgan fingerprint density at radius 1 is 1.15 bits per heavy atom. The molecule has 0 atom stereocenters. The first-order chi connectivity index (χ1) is 12.5. The number of methoxy groups -OCH3 is 1. The number of para-hydroxylation sites is 1. The number of benzene rings is 2. The lowest BCUT2D eigenvalue weighted by Gasteiger charge is -2.20. The maximum atomic E-state index is 13.8. The zero-order valence-corrected chi connectivity index (χ0v) is 15.1. The van der Waals surface area contributed by atoms with Crippen LogP contribution in [0.15, 0.2) is 42.5 Å². The minimum Gasteiger partial charge on any atom is -0.493 e. The van der Waals surface area contributed by atoms with Gasteiger partial charge in [-0.3, -0.25) is 4.79 Å². The van der Waals surface area contributed by atoms with E-state index in [4.69, 9.17) is 14.6 Å². The van der Waals surface area contributed by atoms with Gasteiger partial charge >= 0.3 is 5.97 Å². The fraction of sp³-hybridized carbons (Fsp3) is 0.350. The van der Waals surface area contributed by atoms with E-state index in [2.05, 4.69) is 0 Å². The largest absolute Gasteiger partial charge is 0.493 e. The molecule has 0 spiro atoms. The van der Waals surface area contributed by atoms with E-state index in [1.54, 1.807) is 31.4 Å². The predicted octanol–water partition coefficient (Wildman–Crippen LogP) is 3.71. The van der Waals surface area contributed by atoms with Crippen molar-refractivity contribution in [3.05, 3.63) is 59.4 Å². The first-order valence-corrected chi connectivity index (χ1v) is 8.43. The zero-order chi connectivity index (χ0) is 18.9. The van der Waals surface area contributed by atoms with Gasteiger partial charge in [-0.15, -0.1) is 0 Å². The van der Waals surface area contributed by atoms with Gasteiger partial charge in [0.15, 0.2) is 11.5 Å². The molecule has 0 bridgehead atoms. The Morgan fingerprint density at radius 3 is 2.58 bits per heavy atom. The molecule has 5 nitrogen and oxygen atoms in total. The number of carboxylic acid groups (broad SMARTS) is 1. The van der Waals surface area contributed by atoms with Crippen LogP contribution in [0.2, 0.25) is 0 Å². The van der Waals surface area contributed by atoms with Crippen molar-refractivity contribution < 1.29 is 23.8 Å². The molecule has 0 heterocycles. The van der Waals surface area contributed by atoms with Crippen molar-refractivity contribution in [3.8, 4) is 11.5 Å². The lowest BCUT2D eigenvalue weighted by molar-refractivity contribution is -0.137. The van der Waals surface area contributed by atoms with Gasteiger partial charge in [-0.25, -0.2) is 4.39 Å². The van der Waals surface area contributed by atoms with Crippen LogP contribution in [0.1, 0.15) is 24.0 Å². The average molecular weight is 361 g/mol. The second-order valence-corrected chi connectivity index (χ2v) is 6.06. The molecule has 1 N–H and O–H groups in total. The summed E-state index contributed by atoms with van der Waals surface area (Å²) in [5.41, 5.74) is 1.37. The summed E-state index contributed by atoms with van der Waals surface area (Å²) in [5, 5.41) is 8.74. The first-order valence-electron chi connectivity index (χ1n) is 8.43. The number of aliphatic carboxylic acids is 1. The Morgan fingerprint density at radius 2 is 1.88 bits per heavy atom. The van der Waals surface area contributed by atoms with Gasteiger partial charge in [-0.1, -0.05) is 30.3 Å². The molecule has 0 aliphatic rings. The highest BCUT2D eigenvalue weighted by Gasteiger charge is 2.14. The van der Waals surface area contributed by atoms with E-state index in [9.17, 15) is 9.18 Å². The molecule has 0 amide bonds. The molecule has 140 valence electrons. The number of nitrogens with zero attached hydrogens (tertiary/aromatic N) is 1. The van der Waals surface area contributed by atoms with Crippen molar-refractivity contribution in [2.75, 3.05) is 20.7 Å². The second-order valence-electron chi connectivity index (χ2n) is 6.06. The number of ether oxygens (including phenoxy) is 2. The van der Waals surface area contributed by atoms with E-state index in [0.717, 1.165) is 5.56 Å². The number of hydrogen-bond donors (Lipinski definition) is 1. The first kappa shape index (κ1) is 19.7. The Bertz CT molecular complexity index is 736. The summed E-state index contributed by atoms with van der Waals surface area (Å²) in [6, 6.07) is 12.1. The van der Waals surface area contributed by atoms with Crippen LogP contribution < -0.4 is 9.47 Å². The number of carbonyl (C=O) groups is 1. The highest BCUT2D eigenvalue weighted by atomic mass is 19.1. The van der Waals surface area contributed by atoms with Crippen LogP contribution in [0, 0.1) is 5.82 Å². The molecule has 2 aromatic rings. The monoisotopic (exact) mass is 361 g/mol. The lowest BCUT2D eigenvalue weighted by atomic mass is 10.1. The van der Waals surface area contributed by atoms with Crippen LogP contribution >= 0.6 is 0 Å². The third kappa shape index (κ3) is 5.74. The third-order valence-electron chi connectivity index (χ3n) is 3.98. The normalized spacial score (nSPS) is 10.8. The standard InChI is InChI=1S/C20H24FNO4/c1-22(12-6-11-19(23)24)13-15-8-5-10-18(25-2)20(15)26-14-16-7-3-4-9-17(16)21/h3-5,7-10H,6,11-14H2,1-2H3,(H,23,24). The van der Waals surface area contributed by atoms with E-state index in [1.165, 1.54) is 6.07 Å². The Hall–Kier alpha value is -2.60. The maximum Gasteiger partial charge on any atom is 0.303 e. The van der Waals surface area contributed by atoms with E-state index in [0.29, 0.717) is 36.6 Å². The smallest absolute Gasteiger partial charge is 0.303 e. The number of carboxylic acids is 1.